The summed E-state index contributed by atoms with van der Waals surface area (Å²) in [6.45, 7) is 1.99. The Labute approximate surface area is 174 Å². The van der Waals surface area contributed by atoms with E-state index in [1.54, 1.807) is 0 Å². The molecule has 0 heterocycles. The average Bonchev–Trinajstić information content (AvgIpc) is 2.70. The van der Waals surface area contributed by atoms with Gasteiger partial charge in [0.2, 0.25) is 0 Å². The molecule has 1 N–H and O–H groups in total. The molecule has 0 bridgehead atoms. The van der Waals surface area contributed by atoms with Crippen molar-refractivity contribution < 1.29 is 4.79 Å². The topological polar surface area (TPSA) is 29.1 Å². The summed E-state index contributed by atoms with van der Waals surface area (Å²) < 4.78 is 1.20. The lowest BCUT2D eigenvalue weighted by molar-refractivity contribution is 0.102. The zero-order valence-corrected chi connectivity index (χ0v) is 17.4. The first kappa shape index (κ1) is 18.7. The van der Waals surface area contributed by atoms with Gasteiger partial charge in [-0.2, -0.15) is 0 Å². The van der Waals surface area contributed by atoms with Crippen LogP contribution in [0.3, 0.4) is 0 Å². The number of benzene rings is 3. The molecule has 0 radical (unpaired) electrons. The van der Waals surface area contributed by atoms with Crippen molar-refractivity contribution in [2.45, 2.75) is 26.2 Å². The Morgan fingerprint density at radius 1 is 0.964 bits per heavy atom. The first-order valence-electron chi connectivity index (χ1n) is 9.53. The Balaban J connectivity index is 1.45. The Hall–Kier alpha value is -2.65. The third kappa shape index (κ3) is 4.10. The van der Waals surface area contributed by atoms with Crippen LogP contribution in [0.25, 0.3) is 6.08 Å². The van der Waals surface area contributed by atoms with E-state index in [2.05, 4.69) is 57.7 Å². The number of fused-ring (bicyclic) bond motifs is 1. The van der Waals surface area contributed by atoms with Crippen LogP contribution in [0.4, 0.5) is 5.69 Å². The van der Waals surface area contributed by atoms with Crippen molar-refractivity contribution in [3.05, 3.63) is 105 Å². The molecule has 3 aromatic carbocycles. The number of allylic oxidation sites excluding steroid dienone is 1. The second-order valence-electron chi connectivity index (χ2n) is 7.25. The van der Waals surface area contributed by atoms with Gasteiger partial charge in [-0.1, -0.05) is 70.0 Å². The SMILES string of the molecule is Cc1ccccc1NC(=O)c1ccc(CC2=Cc3cccc(Br)c3CC2)cc1. The molecule has 0 aromatic heterocycles. The third-order valence-electron chi connectivity index (χ3n) is 5.25. The lowest BCUT2D eigenvalue weighted by atomic mass is 9.89. The highest BCUT2D eigenvalue weighted by atomic mass is 79.9. The van der Waals surface area contributed by atoms with E-state index in [0.717, 1.165) is 30.5 Å². The molecule has 0 spiro atoms. The summed E-state index contributed by atoms with van der Waals surface area (Å²) in [5.74, 6) is -0.0727. The maximum Gasteiger partial charge on any atom is 0.255 e. The summed E-state index contributed by atoms with van der Waals surface area (Å²) in [6, 6.07) is 22.1. The minimum Gasteiger partial charge on any atom is -0.322 e. The second-order valence-corrected chi connectivity index (χ2v) is 8.11. The van der Waals surface area contributed by atoms with Crippen molar-refractivity contribution in [2.75, 3.05) is 5.32 Å². The smallest absolute Gasteiger partial charge is 0.255 e. The van der Waals surface area contributed by atoms with E-state index in [1.807, 2.05) is 43.3 Å². The van der Waals surface area contributed by atoms with E-state index in [-0.39, 0.29) is 5.91 Å². The average molecular weight is 432 g/mol. The van der Waals surface area contributed by atoms with E-state index in [9.17, 15) is 4.79 Å². The maximum absolute atomic E-state index is 12.5. The molecule has 4 rings (SSSR count). The van der Waals surface area contributed by atoms with E-state index in [4.69, 9.17) is 0 Å². The van der Waals surface area contributed by atoms with Crippen LogP contribution in [0.15, 0.2) is 76.8 Å². The maximum atomic E-state index is 12.5. The Morgan fingerprint density at radius 3 is 2.54 bits per heavy atom. The number of carbonyl (C=O) groups is 1. The van der Waals surface area contributed by atoms with E-state index in [1.165, 1.54) is 26.7 Å². The van der Waals surface area contributed by atoms with Crippen LogP contribution in [0, 0.1) is 6.92 Å². The second kappa shape index (κ2) is 8.15. The zero-order chi connectivity index (χ0) is 19.5. The predicted octanol–water partition coefficient (Wildman–Crippen LogP) is 6.58. The van der Waals surface area contributed by atoms with E-state index >= 15 is 0 Å². The van der Waals surface area contributed by atoms with Gasteiger partial charge in [-0.05, 0) is 72.7 Å². The molecule has 0 saturated carbocycles. The monoisotopic (exact) mass is 431 g/mol. The molecule has 0 aliphatic heterocycles. The van der Waals surface area contributed by atoms with Gasteiger partial charge in [0.1, 0.15) is 0 Å². The van der Waals surface area contributed by atoms with Gasteiger partial charge in [-0.3, -0.25) is 4.79 Å². The van der Waals surface area contributed by atoms with Crippen molar-refractivity contribution in [1.29, 1.82) is 0 Å². The van der Waals surface area contributed by atoms with Gasteiger partial charge in [0.15, 0.2) is 0 Å². The van der Waals surface area contributed by atoms with Crippen molar-refractivity contribution in [3.8, 4) is 0 Å². The van der Waals surface area contributed by atoms with E-state index < -0.39 is 0 Å². The van der Waals surface area contributed by atoms with Crippen molar-refractivity contribution in [3.63, 3.8) is 0 Å². The fourth-order valence-corrected chi connectivity index (χ4v) is 4.21. The molecule has 1 aliphatic carbocycles. The van der Waals surface area contributed by atoms with Crippen LogP contribution in [-0.4, -0.2) is 5.91 Å². The van der Waals surface area contributed by atoms with Crippen LogP contribution in [0.1, 0.15) is 39.0 Å². The van der Waals surface area contributed by atoms with Crippen molar-refractivity contribution >= 4 is 33.6 Å². The lowest BCUT2D eigenvalue weighted by Gasteiger charge is -2.18. The number of halogens is 1. The van der Waals surface area contributed by atoms with Gasteiger partial charge in [0.05, 0.1) is 0 Å². The first-order chi connectivity index (χ1) is 13.6. The number of nitrogens with one attached hydrogen (secondary N) is 1. The van der Waals surface area contributed by atoms with E-state index in [0.29, 0.717) is 5.56 Å². The van der Waals surface area contributed by atoms with Crippen LogP contribution in [0.2, 0.25) is 0 Å². The summed E-state index contributed by atoms with van der Waals surface area (Å²) in [5, 5.41) is 2.99. The van der Waals surface area contributed by atoms with Gasteiger partial charge in [-0.15, -0.1) is 0 Å². The molecular weight excluding hydrogens is 410 g/mol. The first-order valence-corrected chi connectivity index (χ1v) is 10.3. The van der Waals surface area contributed by atoms with Crippen LogP contribution >= 0.6 is 15.9 Å². The summed E-state index contributed by atoms with van der Waals surface area (Å²) in [4.78, 5) is 12.5. The number of hydrogen-bond acceptors (Lipinski definition) is 1. The van der Waals surface area contributed by atoms with Gasteiger partial charge in [-0.25, -0.2) is 0 Å². The Morgan fingerprint density at radius 2 is 1.75 bits per heavy atom. The minimum atomic E-state index is -0.0727. The quantitative estimate of drug-likeness (QED) is 0.496. The number of anilines is 1. The number of hydrogen-bond donors (Lipinski definition) is 1. The highest BCUT2D eigenvalue weighted by Gasteiger charge is 2.13. The lowest BCUT2D eigenvalue weighted by Crippen LogP contribution is -2.12. The predicted molar refractivity (Wildman–Crippen MR) is 120 cm³/mol. The molecule has 28 heavy (non-hydrogen) atoms. The van der Waals surface area contributed by atoms with Gasteiger partial charge in [0.25, 0.3) is 5.91 Å². The fourth-order valence-electron chi connectivity index (χ4n) is 3.64. The summed E-state index contributed by atoms with van der Waals surface area (Å²) >= 11 is 3.65. The van der Waals surface area contributed by atoms with Gasteiger partial charge < -0.3 is 5.32 Å². The third-order valence-corrected chi connectivity index (χ3v) is 5.99. The number of amides is 1. The highest BCUT2D eigenvalue weighted by molar-refractivity contribution is 9.10. The number of carbonyl (C=O) groups excluding carboxylic acids is 1. The molecule has 2 nitrogen and oxygen atoms in total. The Kier molecular flexibility index (Phi) is 5.45. The highest BCUT2D eigenvalue weighted by Crippen LogP contribution is 2.31. The fraction of sp³-hybridized carbons (Fsp3) is 0.160. The van der Waals surface area contributed by atoms with Gasteiger partial charge >= 0.3 is 0 Å². The summed E-state index contributed by atoms with van der Waals surface area (Å²) in [5.41, 5.74) is 7.97. The van der Waals surface area contributed by atoms with Crippen LogP contribution in [-0.2, 0) is 12.8 Å². The summed E-state index contributed by atoms with van der Waals surface area (Å²) in [7, 11) is 0. The number of aryl methyl sites for hydroxylation is 1. The molecule has 3 aromatic rings. The van der Waals surface area contributed by atoms with Crippen LogP contribution in [0.5, 0.6) is 0 Å². The number of rotatable bonds is 4. The molecule has 0 saturated heterocycles. The molecule has 0 atom stereocenters. The number of para-hydroxylation sites is 1. The molecule has 0 fully saturated rings. The van der Waals surface area contributed by atoms with Crippen molar-refractivity contribution in [2.24, 2.45) is 0 Å². The molecule has 0 unspecified atom stereocenters. The van der Waals surface area contributed by atoms with Crippen LogP contribution < -0.4 is 5.32 Å². The standard InChI is InChI=1S/C25H22BrNO/c1-17-5-2-3-8-24(17)27-25(28)20-12-9-18(10-13-20)15-19-11-14-22-21(16-19)6-4-7-23(22)26/h2-10,12-13,16H,11,14-15H2,1H3,(H,27,28). The molecule has 140 valence electrons. The summed E-state index contributed by atoms with van der Waals surface area (Å²) in [6.07, 6.45) is 5.37. The molecule has 1 aliphatic rings. The normalized spacial score (nSPS) is 12.9. The molecule has 1 amide bonds. The minimum absolute atomic E-state index is 0.0727. The largest absolute Gasteiger partial charge is 0.322 e. The molecular formula is C25H22BrNO. The molecule has 3 heteroatoms. The Bertz CT molecular complexity index is 1050. The zero-order valence-electron chi connectivity index (χ0n) is 15.8. The van der Waals surface area contributed by atoms with Gasteiger partial charge in [0, 0.05) is 15.7 Å². The van der Waals surface area contributed by atoms with Crippen molar-refractivity contribution in [1.82, 2.24) is 0 Å².